The van der Waals surface area contributed by atoms with Crippen molar-refractivity contribution >= 4 is 27.3 Å². The summed E-state index contributed by atoms with van der Waals surface area (Å²) in [6, 6.07) is 5.88. The Labute approximate surface area is 173 Å². The number of anilines is 1. The van der Waals surface area contributed by atoms with Crippen LogP contribution in [-0.2, 0) is 14.6 Å². The van der Waals surface area contributed by atoms with E-state index in [1.54, 1.807) is 4.90 Å². The van der Waals surface area contributed by atoms with Crippen LogP contribution in [0.25, 0.3) is 0 Å². The highest BCUT2D eigenvalue weighted by Gasteiger charge is 2.27. The maximum absolute atomic E-state index is 12.2. The Morgan fingerprint density at radius 1 is 1.07 bits per heavy atom. The minimum Gasteiger partial charge on any atom is -0.371 e. The van der Waals surface area contributed by atoms with Crippen molar-refractivity contribution in [2.24, 2.45) is 11.7 Å². The van der Waals surface area contributed by atoms with Crippen molar-refractivity contribution in [1.82, 2.24) is 4.90 Å². The van der Waals surface area contributed by atoms with E-state index in [-0.39, 0.29) is 11.8 Å². The fourth-order valence-corrected chi connectivity index (χ4v) is 4.93. The third-order valence-corrected chi connectivity index (χ3v) is 6.89. The zero-order valence-electron chi connectivity index (χ0n) is 17.3. The molecule has 2 aliphatic rings. The van der Waals surface area contributed by atoms with Gasteiger partial charge in [0, 0.05) is 38.1 Å². The van der Waals surface area contributed by atoms with Gasteiger partial charge in [0.25, 0.3) is 5.91 Å². The quantitative estimate of drug-likeness (QED) is 0.781. The number of rotatable bonds is 5. The first-order valence-corrected chi connectivity index (χ1v) is 12.3. The second-order valence-electron chi connectivity index (χ2n) is 8.54. The summed E-state index contributed by atoms with van der Waals surface area (Å²) >= 11 is 0. The lowest BCUT2D eigenvalue weighted by Gasteiger charge is -2.35. The number of likely N-dealkylation sites (tertiary alicyclic amines) is 1. The van der Waals surface area contributed by atoms with E-state index in [1.165, 1.54) is 0 Å². The van der Waals surface area contributed by atoms with Crippen LogP contribution in [-0.4, -0.2) is 63.3 Å². The molecule has 2 N–H and O–H groups in total. The van der Waals surface area contributed by atoms with Crippen LogP contribution in [0, 0.1) is 5.92 Å². The van der Waals surface area contributed by atoms with Crippen LogP contribution in [0.2, 0.25) is 0 Å². The minimum atomic E-state index is -3.31. The van der Waals surface area contributed by atoms with Crippen molar-refractivity contribution in [3.8, 4) is 0 Å². The Balaban J connectivity index is 1.72. The number of hydrogen-bond acceptors (Lipinski definition) is 5. The Bertz CT molecular complexity index is 868. The summed E-state index contributed by atoms with van der Waals surface area (Å²) in [6.07, 6.45) is 4.84. The lowest BCUT2D eigenvalue weighted by molar-refractivity contribution is -0.129. The van der Waals surface area contributed by atoms with Gasteiger partial charge < -0.3 is 15.5 Å². The highest BCUT2D eigenvalue weighted by molar-refractivity contribution is 7.91. The van der Waals surface area contributed by atoms with E-state index < -0.39 is 21.5 Å². The van der Waals surface area contributed by atoms with Crippen LogP contribution in [0.5, 0.6) is 0 Å². The van der Waals surface area contributed by atoms with E-state index in [0.717, 1.165) is 56.3 Å². The Hall–Kier alpha value is -2.09. The Morgan fingerprint density at radius 2 is 1.69 bits per heavy atom. The van der Waals surface area contributed by atoms with Gasteiger partial charge in [0.15, 0.2) is 9.84 Å². The largest absolute Gasteiger partial charge is 0.371 e. The highest BCUT2D eigenvalue weighted by Crippen LogP contribution is 2.33. The van der Waals surface area contributed by atoms with Crippen molar-refractivity contribution in [2.45, 2.75) is 38.5 Å². The topological polar surface area (TPSA) is 101 Å². The number of nitrogens with zero attached hydrogens (tertiary/aromatic N) is 2. The molecule has 0 atom stereocenters. The van der Waals surface area contributed by atoms with Gasteiger partial charge in [-0.05, 0) is 55.2 Å². The SMILES string of the molecule is CC1CCN(c2cc(C3CCN(C(=O)CS(C)(=O)=O)CC3)ccc2C(N)=O)CC1. The van der Waals surface area contributed by atoms with Crippen LogP contribution in [0.1, 0.15) is 54.4 Å². The summed E-state index contributed by atoms with van der Waals surface area (Å²) in [5.74, 6) is -0.186. The lowest BCUT2D eigenvalue weighted by atomic mass is 9.88. The molecular weight excluding hydrogens is 390 g/mol. The highest BCUT2D eigenvalue weighted by atomic mass is 32.2. The maximum Gasteiger partial charge on any atom is 0.250 e. The van der Waals surface area contributed by atoms with Crippen LogP contribution < -0.4 is 10.6 Å². The normalized spacial score (nSPS) is 19.4. The summed E-state index contributed by atoms with van der Waals surface area (Å²) in [5.41, 5.74) is 8.25. The molecule has 0 radical (unpaired) electrons. The number of primary amides is 1. The van der Waals surface area contributed by atoms with Gasteiger partial charge in [-0.1, -0.05) is 13.0 Å². The second kappa shape index (κ2) is 8.73. The molecule has 0 aromatic heterocycles. The van der Waals surface area contributed by atoms with E-state index in [0.29, 0.717) is 24.6 Å². The molecule has 2 fully saturated rings. The zero-order valence-corrected chi connectivity index (χ0v) is 18.1. The average Bonchev–Trinajstić information content (AvgIpc) is 2.67. The van der Waals surface area contributed by atoms with Crippen molar-refractivity contribution < 1.29 is 18.0 Å². The first-order chi connectivity index (χ1) is 13.6. The third kappa shape index (κ3) is 5.50. The zero-order chi connectivity index (χ0) is 21.2. The lowest BCUT2D eigenvalue weighted by Crippen LogP contribution is -2.41. The number of carbonyl (C=O) groups is 2. The van der Waals surface area contributed by atoms with Crippen molar-refractivity contribution in [3.63, 3.8) is 0 Å². The summed E-state index contributed by atoms with van der Waals surface area (Å²) in [5, 5.41) is 0. The van der Waals surface area contributed by atoms with Gasteiger partial charge in [0.2, 0.25) is 5.91 Å². The average molecular weight is 422 g/mol. The van der Waals surface area contributed by atoms with E-state index in [2.05, 4.69) is 17.9 Å². The summed E-state index contributed by atoms with van der Waals surface area (Å²) < 4.78 is 22.8. The Morgan fingerprint density at radius 3 is 2.24 bits per heavy atom. The van der Waals surface area contributed by atoms with Gasteiger partial charge in [0.05, 0.1) is 5.56 Å². The van der Waals surface area contributed by atoms with Gasteiger partial charge in [-0.2, -0.15) is 0 Å². The molecule has 2 saturated heterocycles. The molecular formula is C21H31N3O4S. The molecule has 0 bridgehead atoms. The number of hydrogen-bond donors (Lipinski definition) is 1. The number of benzene rings is 1. The fourth-order valence-electron chi connectivity index (χ4n) is 4.30. The molecule has 8 heteroatoms. The number of amides is 2. The van der Waals surface area contributed by atoms with Gasteiger partial charge in [-0.15, -0.1) is 0 Å². The molecule has 1 aromatic rings. The van der Waals surface area contributed by atoms with E-state index in [1.807, 2.05) is 12.1 Å². The third-order valence-electron chi connectivity index (χ3n) is 6.12. The molecule has 0 saturated carbocycles. The number of nitrogens with two attached hydrogens (primary N) is 1. The van der Waals surface area contributed by atoms with Crippen LogP contribution in [0.4, 0.5) is 5.69 Å². The summed E-state index contributed by atoms with van der Waals surface area (Å²) in [4.78, 5) is 28.0. The van der Waals surface area contributed by atoms with E-state index >= 15 is 0 Å². The molecule has 2 aliphatic heterocycles. The molecule has 1 aromatic carbocycles. The van der Waals surface area contributed by atoms with E-state index in [9.17, 15) is 18.0 Å². The van der Waals surface area contributed by atoms with Crippen molar-refractivity contribution in [2.75, 3.05) is 43.1 Å². The van der Waals surface area contributed by atoms with Gasteiger partial charge in [-0.3, -0.25) is 9.59 Å². The molecule has 29 heavy (non-hydrogen) atoms. The summed E-state index contributed by atoms with van der Waals surface area (Å²) in [7, 11) is -3.31. The Kier molecular flexibility index (Phi) is 6.51. The van der Waals surface area contributed by atoms with E-state index in [4.69, 9.17) is 5.73 Å². The minimum absolute atomic E-state index is 0.279. The predicted molar refractivity (Wildman–Crippen MR) is 114 cm³/mol. The first-order valence-electron chi connectivity index (χ1n) is 10.3. The van der Waals surface area contributed by atoms with Gasteiger partial charge >= 0.3 is 0 Å². The van der Waals surface area contributed by atoms with Crippen LogP contribution in [0.3, 0.4) is 0 Å². The second-order valence-corrected chi connectivity index (χ2v) is 10.7. The monoisotopic (exact) mass is 421 g/mol. The molecule has 3 rings (SSSR count). The van der Waals surface area contributed by atoms with Crippen LogP contribution in [0.15, 0.2) is 18.2 Å². The van der Waals surface area contributed by atoms with Gasteiger partial charge in [0.1, 0.15) is 5.75 Å². The molecule has 0 aliphatic carbocycles. The number of sulfone groups is 1. The fraction of sp³-hybridized carbons (Fsp3) is 0.619. The maximum atomic E-state index is 12.2. The molecule has 2 amide bonds. The molecule has 0 spiro atoms. The van der Waals surface area contributed by atoms with Crippen LogP contribution >= 0.6 is 0 Å². The first kappa shape index (κ1) is 21.6. The van der Waals surface area contributed by atoms with Gasteiger partial charge in [-0.25, -0.2) is 8.42 Å². The number of piperidine rings is 2. The van der Waals surface area contributed by atoms with Crippen molar-refractivity contribution in [1.29, 1.82) is 0 Å². The summed E-state index contributed by atoms with van der Waals surface area (Å²) in [6.45, 7) is 5.19. The smallest absolute Gasteiger partial charge is 0.250 e. The molecule has 160 valence electrons. The molecule has 0 unspecified atom stereocenters. The standard InChI is InChI=1S/C21H31N3O4S/c1-15-5-9-23(10-6-15)19-13-17(3-4-18(19)21(22)26)16-7-11-24(12-8-16)20(25)14-29(2,27)28/h3-4,13,15-16H,5-12,14H2,1-2H3,(H2,22,26). The predicted octanol–water partition coefficient (Wildman–Crippen LogP) is 1.77. The van der Waals surface area contributed by atoms with Crippen molar-refractivity contribution in [3.05, 3.63) is 29.3 Å². The molecule has 7 nitrogen and oxygen atoms in total. The molecule has 2 heterocycles. The number of carbonyl (C=O) groups excluding carboxylic acids is 2.